The van der Waals surface area contributed by atoms with Crippen LogP contribution < -0.4 is 15.3 Å². The molecule has 0 radical (unpaired) electrons. The summed E-state index contributed by atoms with van der Waals surface area (Å²) >= 11 is 0. The number of carbonyl (C=O) groups excluding carboxylic acids is 1. The van der Waals surface area contributed by atoms with Gasteiger partial charge in [-0.05, 0) is 52.2 Å². The van der Waals surface area contributed by atoms with E-state index in [4.69, 9.17) is 20.5 Å². The molecule has 0 spiro atoms. The number of carbonyl (C=O) groups is 2. The number of nitrogens with one attached hydrogen (secondary N) is 1. The molecule has 3 aromatic carbocycles. The van der Waals surface area contributed by atoms with Crippen molar-refractivity contribution in [3.8, 4) is 5.75 Å². The summed E-state index contributed by atoms with van der Waals surface area (Å²) in [5.41, 5.74) is 1.74. The Morgan fingerprint density at radius 1 is 1.18 bits per heavy atom. The zero-order valence-corrected chi connectivity index (χ0v) is 20.7. The van der Waals surface area contributed by atoms with Crippen LogP contribution in [0.5, 0.6) is 5.75 Å². The molecule has 3 aromatic rings. The molecule has 38 heavy (non-hydrogen) atoms. The molecular formula is C24H23F3N4O6S. The first kappa shape index (κ1) is 28.4. The normalized spacial score (nSPS) is 15.6. The molecule has 1 atom stereocenters. The second-order valence-electron chi connectivity index (χ2n) is 8.09. The minimum atomic E-state index is -5.08. The van der Waals surface area contributed by atoms with E-state index < -0.39 is 28.2 Å². The van der Waals surface area contributed by atoms with E-state index >= 15 is 0 Å². The number of hydrogen-bond donors (Lipinski definition) is 3. The number of alkyl halides is 3. The number of hydrazone groups is 1. The first-order valence-electron chi connectivity index (χ1n) is 10.9. The van der Waals surface area contributed by atoms with Gasteiger partial charge in [-0.1, -0.05) is 30.3 Å². The standard InChI is InChI=1S/C22H22N4O4S.C2HF3O2/c1-30-19-7-5-17-6-8-20(11-18(17)10-19)31(28,29)25-21-14-26(22(21)27)13-16-4-2-3-15(9-16)12-24-23;3-2(4,5)1(6)7/h2-12,21,25H,13-14,23H2,1H3;(H,6,7)/t21-;/m0./s1. The highest BCUT2D eigenvalue weighted by Gasteiger charge is 2.39. The summed E-state index contributed by atoms with van der Waals surface area (Å²) in [4.78, 5) is 23.1. The number of nitrogens with two attached hydrogens (primary N) is 1. The van der Waals surface area contributed by atoms with Crippen LogP contribution in [-0.2, 0) is 26.2 Å². The number of carboxylic acids is 1. The summed E-state index contributed by atoms with van der Waals surface area (Å²) in [5.74, 6) is 2.80. The number of sulfonamides is 1. The maximum atomic E-state index is 12.8. The molecule has 14 heteroatoms. The van der Waals surface area contributed by atoms with Gasteiger partial charge >= 0.3 is 12.1 Å². The number of ether oxygens (including phenoxy) is 1. The molecule has 1 aliphatic rings. The molecule has 0 aromatic heterocycles. The van der Waals surface area contributed by atoms with Crippen LogP contribution in [0, 0.1) is 0 Å². The molecule has 1 aliphatic heterocycles. The van der Waals surface area contributed by atoms with E-state index in [1.165, 1.54) is 12.3 Å². The number of β-lactam (4-membered cyclic amide) rings is 1. The molecule has 0 bridgehead atoms. The molecule has 1 fully saturated rings. The number of halogens is 3. The SMILES string of the molecule is COc1ccc2ccc(S(=O)(=O)N[C@H]3CN(Cc4cccc(C=NN)c4)C3=O)cc2c1.O=C(O)C(F)(F)F. The average Bonchev–Trinajstić information content (AvgIpc) is 2.87. The molecule has 202 valence electrons. The van der Waals surface area contributed by atoms with E-state index in [1.54, 1.807) is 30.2 Å². The lowest BCUT2D eigenvalue weighted by atomic mass is 10.1. The third-order valence-electron chi connectivity index (χ3n) is 5.43. The minimum absolute atomic E-state index is 0.105. The van der Waals surface area contributed by atoms with Crippen molar-refractivity contribution >= 4 is 38.9 Å². The van der Waals surface area contributed by atoms with Gasteiger partial charge in [-0.25, -0.2) is 13.2 Å². The van der Waals surface area contributed by atoms with Gasteiger partial charge in [0.25, 0.3) is 0 Å². The van der Waals surface area contributed by atoms with Gasteiger partial charge in [-0.3, -0.25) is 4.79 Å². The van der Waals surface area contributed by atoms with Gasteiger partial charge in [-0.15, -0.1) is 0 Å². The average molecular weight is 553 g/mol. The fourth-order valence-electron chi connectivity index (χ4n) is 3.56. The van der Waals surface area contributed by atoms with Crippen LogP contribution in [0.4, 0.5) is 13.2 Å². The van der Waals surface area contributed by atoms with Gasteiger partial charge in [0.1, 0.15) is 11.8 Å². The third-order valence-corrected chi connectivity index (χ3v) is 6.90. The smallest absolute Gasteiger partial charge is 0.490 e. The highest BCUT2D eigenvalue weighted by Crippen LogP contribution is 2.25. The molecule has 0 aliphatic carbocycles. The second-order valence-corrected chi connectivity index (χ2v) is 9.81. The van der Waals surface area contributed by atoms with Crippen molar-refractivity contribution in [3.05, 3.63) is 71.8 Å². The lowest BCUT2D eigenvalue weighted by molar-refractivity contribution is -0.192. The molecule has 4 rings (SSSR count). The number of nitrogens with zero attached hydrogens (tertiary/aromatic N) is 2. The Kier molecular flexibility index (Phi) is 8.58. The van der Waals surface area contributed by atoms with Gasteiger partial charge in [0.2, 0.25) is 15.9 Å². The van der Waals surface area contributed by atoms with Gasteiger partial charge in [0.05, 0.1) is 18.2 Å². The van der Waals surface area contributed by atoms with Gasteiger partial charge < -0.3 is 20.6 Å². The number of aliphatic carboxylic acids is 1. The highest BCUT2D eigenvalue weighted by molar-refractivity contribution is 7.89. The number of methoxy groups -OCH3 is 1. The number of amides is 1. The number of fused-ring (bicyclic) bond motifs is 1. The second kappa shape index (κ2) is 11.5. The summed E-state index contributed by atoms with van der Waals surface area (Å²) in [7, 11) is -2.29. The Morgan fingerprint density at radius 3 is 2.47 bits per heavy atom. The molecule has 1 saturated heterocycles. The molecule has 0 unspecified atom stereocenters. The number of likely N-dealkylation sites (tertiary alicyclic amines) is 1. The summed E-state index contributed by atoms with van der Waals surface area (Å²) in [6.07, 6.45) is -3.56. The molecule has 1 amide bonds. The molecular weight excluding hydrogens is 529 g/mol. The summed E-state index contributed by atoms with van der Waals surface area (Å²) < 4.78 is 65.1. The lowest BCUT2D eigenvalue weighted by Gasteiger charge is -2.38. The zero-order chi connectivity index (χ0) is 28.1. The third kappa shape index (κ3) is 6.98. The van der Waals surface area contributed by atoms with Crippen molar-refractivity contribution in [1.29, 1.82) is 0 Å². The van der Waals surface area contributed by atoms with E-state index in [1.807, 2.05) is 36.4 Å². The molecule has 4 N–H and O–H groups in total. The van der Waals surface area contributed by atoms with E-state index in [9.17, 15) is 26.4 Å². The monoisotopic (exact) mass is 552 g/mol. The van der Waals surface area contributed by atoms with E-state index in [2.05, 4.69) is 9.82 Å². The first-order chi connectivity index (χ1) is 17.8. The largest absolute Gasteiger partial charge is 0.497 e. The van der Waals surface area contributed by atoms with Crippen molar-refractivity contribution in [3.63, 3.8) is 0 Å². The van der Waals surface area contributed by atoms with E-state index in [0.717, 1.165) is 21.9 Å². The zero-order valence-electron chi connectivity index (χ0n) is 19.8. The Hall–Kier alpha value is -4.17. The van der Waals surface area contributed by atoms with Crippen LogP contribution in [0.3, 0.4) is 0 Å². The molecule has 1 heterocycles. The van der Waals surface area contributed by atoms with Gasteiger partial charge in [0, 0.05) is 13.1 Å². The topological polar surface area (TPSA) is 151 Å². The quantitative estimate of drug-likeness (QED) is 0.176. The summed E-state index contributed by atoms with van der Waals surface area (Å²) in [6, 6.07) is 17.0. The number of carboxylic acid groups (broad SMARTS) is 1. The van der Waals surface area contributed by atoms with Crippen molar-refractivity contribution in [2.45, 2.75) is 23.7 Å². The number of rotatable bonds is 7. The maximum absolute atomic E-state index is 12.8. The fourth-order valence-corrected chi connectivity index (χ4v) is 4.77. The number of benzene rings is 3. The summed E-state index contributed by atoms with van der Waals surface area (Å²) in [6.45, 7) is 0.688. The highest BCUT2D eigenvalue weighted by atomic mass is 32.2. The molecule has 0 saturated carbocycles. The van der Waals surface area contributed by atoms with Gasteiger partial charge in [0.15, 0.2) is 0 Å². The predicted octanol–water partition coefficient (Wildman–Crippen LogP) is 2.46. The van der Waals surface area contributed by atoms with Crippen LogP contribution >= 0.6 is 0 Å². The van der Waals surface area contributed by atoms with Crippen molar-refractivity contribution < 1.29 is 41.0 Å². The van der Waals surface area contributed by atoms with E-state index in [0.29, 0.717) is 18.8 Å². The Morgan fingerprint density at radius 2 is 1.87 bits per heavy atom. The Balaban J connectivity index is 0.000000505. The Labute approximate surface area is 215 Å². The van der Waals surface area contributed by atoms with Crippen molar-refractivity contribution in [2.24, 2.45) is 10.9 Å². The van der Waals surface area contributed by atoms with Crippen LogP contribution in [0.1, 0.15) is 11.1 Å². The molecule has 10 nitrogen and oxygen atoms in total. The van der Waals surface area contributed by atoms with Crippen molar-refractivity contribution in [2.75, 3.05) is 13.7 Å². The fraction of sp³-hybridized carbons (Fsp3) is 0.208. The van der Waals surface area contributed by atoms with Crippen LogP contribution in [0.2, 0.25) is 0 Å². The van der Waals surface area contributed by atoms with Crippen LogP contribution in [0.15, 0.2) is 70.7 Å². The first-order valence-corrected chi connectivity index (χ1v) is 12.3. The van der Waals surface area contributed by atoms with Crippen LogP contribution in [0.25, 0.3) is 10.8 Å². The van der Waals surface area contributed by atoms with Gasteiger partial charge in [-0.2, -0.15) is 23.0 Å². The van der Waals surface area contributed by atoms with Crippen LogP contribution in [-0.4, -0.2) is 62.4 Å². The van der Waals surface area contributed by atoms with Crippen molar-refractivity contribution in [1.82, 2.24) is 9.62 Å². The predicted molar refractivity (Wildman–Crippen MR) is 132 cm³/mol. The summed E-state index contributed by atoms with van der Waals surface area (Å²) in [5, 5.41) is 12.3. The Bertz CT molecular complexity index is 1480. The number of hydrogen-bond acceptors (Lipinski definition) is 7. The minimum Gasteiger partial charge on any atom is -0.497 e. The van der Waals surface area contributed by atoms with E-state index in [-0.39, 0.29) is 10.8 Å². The lowest BCUT2D eigenvalue weighted by Crippen LogP contribution is -2.63. The maximum Gasteiger partial charge on any atom is 0.490 e.